The van der Waals surface area contributed by atoms with E-state index >= 15 is 0 Å². The summed E-state index contributed by atoms with van der Waals surface area (Å²) in [6.45, 7) is 0. The molecule has 3 N–H and O–H groups in total. The molecule has 5 heteroatoms. The molecule has 0 saturated carbocycles. The number of hydrogen-bond donors (Lipinski definition) is 2. The monoisotopic (exact) mass is 166 g/mol. The van der Waals surface area contributed by atoms with Crippen LogP contribution in [-0.2, 0) is 0 Å². The average molecular weight is 166 g/mol. The first-order valence-corrected chi connectivity index (χ1v) is 3.24. The molecule has 0 bridgehead atoms. The standard InChI is InChI=1S/C7H6N2O3/c8-2-1-3(9)4-5(10)7(12)6(4)11/h3,10H,1,9H2/t3-/m0/s1. The number of nitrogens with two attached hydrogens (primary N) is 1. The lowest BCUT2D eigenvalue weighted by atomic mass is 10.00. The van der Waals surface area contributed by atoms with Crippen molar-refractivity contribution in [1.82, 2.24) is 0 Å². The van der Waals surface area contributed by atoms with Crippen LogP contribution in [0.15, 0.2) is 9.59 Å². The van der Waals surface area contributed by atoms with E-state index < -0.39 is 22.6 Å². The zero-order chi connectivity index (χ0) is 9.30. The molecule has 1 aromatic rings. The first-order chi connectivity index (χ1) is 5.59. The van der Waals surface area contributed by atoms with Gasteiger partial charge in [-0.3, -0.25) is 9.59 Å². The van der Waals surface area contributed by atoms with Crippen LogP contribution < -0.4 is 16.6 Å². The summed E-state index contributed by atoms with van der Waals surface area (Å²) in [7, 11) is 0. The van der Waals surface area contributed by atoms with Crippen molar-refractivity contribution in [3.8, 4) is 11.8 Å². The van der Waals surface area contributed by atoms with E-state index in [0.29, 0.717) is 0 Å². The van der Waals surface area contributed by atoms with Gasteiger partial charge in [-0.1, -0.05) is 0 Å². The summed E-state index contributed by atoms with van der Waals surface area (Å²) in [6, 6.07) is 0.892. The van der Waals surface area contributed by atoms with Crippen LogP contribution in [0.5, 0.6) is 5.75 Å². The lowest BCUT2D eigenvalue weighted by Gasteiger charge is -2.09. The minimum atomic E-state index is -0.918. The molecule has 0 aromatic heterocycles. The maximum atomic E-state index is 10.7. The minimum Gasteiger partial charge on any atom is -0.504 e. The molecule has 0 unspecified atom stereocenters. The molecule has 62 valence electrons. The van der Waals surface area contributed by atoms with Crippen LogP contribution in [0, 0.1) is 11.3 Å². The van der Waals surface area contributed by atoms with Gasteiger partial charge in [0.25, 0.3) is 5.43 Å². The number of nitrogens with zero attached hydrogens (tertiary/aromatic N) is 1. The maximum absolute atomic E-state index is 10.7. The Hall–Kier alpha value is -1.67. The molecule has 0 saturated heterocycles. The van der Waals surface area contributed by atoms with Crippen LogP contribution in [0.25, 0.3) is 0 Å². The number of nitriles is 1. The maximum Gasteiger partial charge on any atom is 0.268 e. The molecule has 0 heterocycles. The van der Waals surface area contributed by atoms with Crippen LogP contribution >= 0.6 is 0 Å². The highest BCUT2D eigenvalue weighted by Gasteiger charge is 2.24. The SMILES string of the molecule is N#CC[C@H](N)c1c(O)c(=O)c1=O. The van der Waals surface area contributed by atoms with E-state index in [1.54, 1.807) is 6.07 Å². The fourth-order valence-corrected chi connectivity index (χ4v) is 0.942. The smallest absolute Gasteiger partial charge is 0.268 e. The predicted molar refractivity (Wildman–Crippen MR) is 40.2 cm³/mol. The Balaban J connectivity index is 3.01. The summed E-state index contributed by atoms with van der Waals surface area (Å²) in [5, 5.41) is 17.1. The predicted octanol–water partition coefficient (Wildman–Crippen LogP) is -1.10. The van der Waals surface area contributed by atoms with Gasteiger partial charge >= 0.3 is 0 Å². The molecule has 0 aliphatic carbocycles. The average Bonchev–Trinajstić information content (AvgIpc) is 2.05. The van der Waals surface area contributed by atoms with Gasteiger partial charge in [0.2, 0.25) is 5.43 Å². The van der Waals surface area contributed by atoms with E-state index in [4.69, 9.17) is 16.1 Å². The molecule has 1 atom stereocenters. The van der Waals surface area contributed by atoms with Gasteiger partial charge in [-0.2, -0.15) is 5.26 Å². The Morgan fingerprint density at radius 2 is 2.08 bits per heavy atom. The topological polar surface area (TPSA) is 104 Å². The second-order valence-corrected chi connectivity index (χ2v) is 2.39. The second-order valence-electron chi connectivity index (χ2n) is 2.39. The molecule has 0 radical (unpaired) electrons. The number of aromatic hydroxyl groups is 1. The van der Waals surface area contributed by atoms with Gasteiger partial charge in [0, 0.05) is 0 Å². The summed E-state index contributed by atoms with van der Waals surface area (Å²) in [5.74, 6) is -0.595. The Morgan fingerprint density at radius 1 is 1.50 bits per heavy atom. The highest BCUT2D eigenvalue weighted by atomic mass is 16.3. The van der Waals surface area contributed by atoms with Gasteiger partial charge < -0.3 is 10.8 Å². The second kappa shape index (κ2) is 2.75. The molecule has 1 aromatic carbocycles. The van der Waals surface area contributed by atoms with Gasteiger partial charge in [-0.15, -0.1) is 0 Å². The molecule has 0 amide bonds. The van der Waals surface area contributed by atoms with E-state index in [-0.39, 0.29) is 12.0 Å². The van der Waals surface area contributed by atoms with Crippen LogP contribution in [0.3, 0.4) is 0 Å². The first-order valence-electron chi connectivity index (χ1n) is 3.24. The van der Waals surface area contributed by atoms with Crippen LogP contribution in [-0.4, -0.2) is 5.11 Å². The zero-order valence-corrected chi connectivity index (χ0v) is 6.07. The summed E-state index contributed by atoms with van der Waals surface area (Å²) >= 11 is 0. The lowest BCUT2D eigenvalue weighted by Crippen LogP contribution is -2.38. The third-order valence-corrected chi connectivity index (χ3v) is 1.60. The summed E-state index contributed by atoms with van der Waals surface area (Å²) in [5.41, 5.74) is 3.50. The van der Waals surface area contributed by atoms with E-state index in [2.05, 4.69) is 0 Å². The van der Waals surface area contributed by atoms with Crippen molar-refractivity contribution in [2.24, 2.45) is 5.73 Å². The zero-order valence-electron chi connectivity index (χ0n) is 6.07. The van der Waals surface area contributed by atoms with Crippen LogP contribution in [0.1, 0.15) is 18.0 Å². The Morgan fingerprint density at radius 3 is 2.50 bits per heavy atom. The summed E-state index contributed by atoms with van der Waals surface area (Å²) < 4.78 is 0. The Bertz CT molecular complexity index is 409. The number of hydrogen-bond acceptors (Lipinski definition) is 5. The van der Waals surface area contributed by atoms with Gasteiger partial charge in [0.15, 0.2) is 5.75 Å². The fraction of sp³-hybridized carbons (Fsp3) is 0.286. The highest BCUT2D eigenvalue weighted by molar-refractivity contribution is 5.40. The molecular weight excluding hydrogens is 160 g/mol. The summed E-state index contributed by atoms with van der Waals surface area (Å²) in [6.07, 6.45) is -0.0849. The van der Waals surface area contributed by atoms with Crippen molar-refractivity contribution >= 4 is 0 Å². The van der Waals surface area contributed by atoms with Gasteiger partial charge in [-0.25, -0.2) is 0 Å². The molecule has 1 rings (SSSR count). The lowest BCUT2D eigenvalue weighted by molar-refractivity contribution is 0.446. The van der Waals surface area contributed by atoms with E-state index in [0.717, 1.165) is 0 Å². The highest BCUT2D eigenvalue weighted by Crippen LogP contribution is 2.18. The molecule has 5 nitrogen and oxygen atoms in total. The number of rotatable bonds is 2. The van der Waals surface area contributed by atoms with Crippen LogP contribution in [0.4, 0.5) is 0 Å². The third-order valence-electron chi connectivity index (χ3n) is 1.60. The van der Waals surface area contributed by atoms with Crippen molar-refractivity contribution in [3.05, 3.63) is 26.0 Å². The molecule has 12 heavy (non-hydrogen) atoms. The Kier molecular flexibility index (Phi) is 1.93. The first kappa shape index (κ1) is 8.43. The molecule has 0 fully saturated rings. The summed E-state index contributed by atoms with van der Waals surface area (Å²) in [4.78, 5) is 21.2. The van der Waals surface area contributed by atoms with Crippen molar-refractivity contribution < 1.29 is 5.11 Å². The molecule has 0 spiro atoms. The molecular formula is C7H6N2O3. The molecule has 0 aliphatic heterocycles. The third kappa shape index (κ3) is 0.984. The van der Waals surface area contributed by atoms with Gasteiger partial charge in [0.1, 0.15) is 0 Å². The van der Waals surface area contributed by atoms with Crippen LogP contribution in [0.2, 0.25) is 0 Å². The molecule has 0 aliphatic rings. The van der Waals surface area contributed by atoms with Crippen molar-refractivity contribution in [3.63, 3.8) is 0 Å². The van der Waals surface area contributed by atoms with E-state index in [1.165, 1.54) is 0 Å². The van der Waals surface area contributed by atoms with E-state index in [9.17, 15) is 9.59 Å². The van der Waals surface area contributed by atoms with Gasteiger partial charge in [0.05, 0.1) is 24.1 Å². The fourth-order valence-electron chi connectivity index (χ4n) is 0.942. The van der Waals surface area contributed by atoms with Crippen molar-refractivity contribution in [1.29, 1.82) is 5.26 Å². The van der Waals surface area contributed by atoms with Crippen molar-refractivity contribution in [2.45, 2.75) is 12.5 Å². The van der Waals surface area contributed by atoms with Crippen molar-refractivity contribution in [2.75, 3.05) is 0 Å². The quantitative estimate of drug-likeness (QED) is 0.543. The van der Waals surface area contributed by atoms with Gasteiger partial charge in [-0.05, 0) is 0 Å². The minimum absolute atomic E-state index is 0.0849. The normalized spacial score (nSPS) is 12.7. The Labute approximate surface area is 67.4 Å². The van der Waals surface area contributed by atoms with E-state index in [1.807, 2.05) is 0 Å². The largest absolute Gasteiger partial charge is 0.504 e.